The van der Waals surface area contributed by atoms with Gasteiger partial charge in [0.1, 0.15) is 11.1 Å². The van der Waals surface area contributed by atoms with Gasteiger partial charge in [-0.3, -0.25) is 9.52 Å². The van der Waals surface area contributed by atoms with E-state index in [2.05, 4.69) is 14.7 Å². The van der Waals surface area contributed by atoms with Crippen LogP contribution in [0.5, 0.6) is 0 Å². The summed E-state index contributed by atoms with van der Waals surface area (Å²) in [6.45, 7) is 1.74. The first-order valence-corrected chi connectivity index (χ1v) is 15.8. The first-order chi connectivity index (χ1) is 20.3. The number of aromatic nitrogens is 2. The second-order valence-corrected chi connectivity index (χ2v) is 13.8. The Morgan fingerprint density at radius 2 is 1.59 bits per heavy atom. The maximum atomic E-state index is 13.5. The minimum atomic E-state index is -5.27. The molecule has 5 rings (SSSR count). The van der Waals surface area contributed by atoms with E-state index in [0.29, 0.717) is 22.2 Å². The molecule has 1 unspecified atom stereocenters. The molecule has 1 aromatic heterocycles. The van der Waals surface area contributed by atoms with Crippen molar-refractivity contribution in [2.24, 2.45) is 0 Å². The number of aryl methyl sites for hydroxylation is 1. The van der Waals surface area contributed by atoms with Crippen LogP contribution in [-0.2, 0) is 43.6 Å². The van der Waals surface area contributed by atoms with Crippen LogP contribution in [0.1, 0.15) is 51.4 Å². The molecule has 1 saturated heterocycles. The van der Waals surface area contributed by atoms with Gasteiger partial charge in [-0.15, -0.1) is 0 Å². The van der Waals surface area contributed by atoms with E-state index in [1.807, 2.05) is 4.72 Å². The van der Waals surface area contributed by atoms with Gasteiger partial charge in [-0.25, -0.2) is 26.5 Å². The molecule has 1 amide bonds. The van der Waals surface area contributed by atoms with Crippen molar-refractivity contribution < 1.29 is 48.0 Å². The quantitative estimate of drug-likeness (QED) is 0.237. The summed E-state index contributed by atoms with van der Waals surface area (Å²) in [7, 11) is -8.96. The zero-order chi connectivity index (χ0) is 32.2. The minimum absolute atomic E-state index is 0.0261. The van der Waals surface area contributed by atoms with Crippen LogP contribution in [0.3, 0.4) is 0 Å². The number of hydrogen-bond acceptors (Lipinski definition) is 6. The highest BCUT2D eigenvalue weighted by molar-refractivity contribution is 7.90. The normalized spacial score (nSPS) is 18.0. The van der Waals surface area contributed by atoms with Gasteiger partial charge in [0, 0.05) is 0 Å². The predicted molar refractivity (Wildman–Crippen MR) is 145 cm³/mol. The van der Waals surface area contributed by atoms with Crippen molar-refractivity contribution in [1.29, 1.82) is 0 Å². The molecule has 4 aromatic rings. The number of nitrogens with zero attached hydrogens (tertiary/aromatic N) is 1. The van der Waals surface area contributed by atoms with Crippen molar-refractivity contribution in [1.82, 2.24) is 19.4 Å². The van der Waals surface area contributed by atoms with Gasteiger partial charge in [0.15, 0.2) is 0 Å². The van der Waals surface area contributed by atoms with Gasteiger partial charge in [0.05, 0.1) is 39.5 Å². The molecule has 234 valence electrons. The van der Waals surface area contributed by atoms with Gasteiger partial charge in [-0.2, -0.15) is 26.3 Å². The van der Waals surface area contributed by atoms with Gasteiger partial charge < -0.3 is 4.98 Å². The number of nitrogens with one attached hydrogen (secondary N) is 3. The standard InChI is InChI=1S/C27H22F6N4O5S2/c1-14-3-2-4-20-24(14)35-25(34-20)21(9-15-5-7-16(8-6-15)22-13-23(38)37-44(22,41)42)36-43(39,40)19-11-17(26(28,29)30)10-18(12-19)27(31,32)33/h2-8,10-12,21-22,36H,9,13H2,1H3,(H,34,35)(H,37,38)/t21-,22?/m0/s1. The van der Waals surface area contributed by atoms with E-state index in [4.69, 9.17) is 0 Å². The summed E-state index contributed by atoms with van der Waals surface area (Å²) < 4.78 is 136. The van der Waals surface area contributed by atoms with Crippen LogP contribution in [0.25, 0.3) is 11.0 Å². The number of fused-ring (bicyclic) bond motifs is 1. The summed E-state index contributed by atoms with van der Waals surface area (Å²) in [5, 5.41) is -1.14. The Morgan fingerprint density at radius 1 is 0.977 bits per heavy atom. The molecule has 1 aliphatic heterocycles. The largest absolute Gasteiger partial charge is 0.416 e. The third-order valence-corrected chi connectivity index (χ3v) is 10.2. The number of aromatic amines is 1. The number of imidazole rings is 1. The highest BCUT2D eigenvalue weighted by Crippen LogP contribution is 2.38. The number of amides is 1. The maximum Gasteiger partial charge on any atom is 0.416 e. The molecular formula is C27H22F6N4O5S2. The second kappa shape index (κ2) is 10.9. The van der Waals surface area contributed by atoms with E-state index >= 15 is 0 Å². The van der Waals surface area contributed by atoms with E-state index in [9.17, 15) is 48.0 Å². The monoisotopic (exact) mass is 660 g/mol. The summed E-state index contributed by atoms with van der Waals surface area (Å²) in [6, 6.07) is 9.62. The van der Waals surface area contributed by atoms with E-state index in [1.165, 1.54) is 24.3 Å². The first-order valence-electron chi connectivity index (χ1n) is 12.7. The Hall–Kier alpha value is -3.96. The lowest BCUT2D eigenvalue weighted by Gasteiger charge is -2.19. The van der Waals surface area contributed by atoms with E-state index in [1.54, 1.807) is 25.1 Å². The Labute approximate surface area is 246 Å². The van der Waals surface area contributed by atoms with E-state index < -0.39 is 65.6 Å². The number of rotatable bonds is 7. The van der Waals surface area contributed by atoms with Gasteiger partial charge >= 0.3 is 12.4 Å². The molecule has 0 saturated carbocycles. The van der Waals surface area contributed by atoms with Gasteiger partial charge in [0.25, 0.3) is 0 Å². The van der Waals surface area contributed by atoms with Crippen molar-refractivity contribution in [3.63, 3.8) is 0 Å². The molecule has 0 spiro atoms. The SMILES string of the molecule is Cc1cccc2[nH]c([C@H](Cc3ccc(C4CC(=O)NS4(=O)=O)cc3)NS(=O)(=O)c3cc(C(F)(F)F)cc(C(F)(F)F)c3)nc12. The van der Waals surface area contributed by atoms with Crippen molar-refractivity contribution in [2.75, 3.05) is 0 Å². The lowest BCUT2D eigenvalue weighted by molar-refractivity contribution is -0.143. The number of H-pyrrole nitrogens is 1. The first kappa shape index (κ1) is 31.5. The molecule has 2 heterocycles. The Bertz CT molecular complexity index is 1940. The molecule has 9 nitrogen and oxygen atoms in total. The zero-order valence-corrected chi connectivity index (χ0v) is 24.0. The average molecular weight is 661 g/mol. The highest BCUT2D eigenvalue weighted by atomic mass is 32.2. The Morgan fingerprint density at radius 3 is 2.11 bits per heavy atom. The summed E-state index contributed by atoms with van der Waals surface area (Å²) in [5.41, 5.74) is -1.22. The lowest BCUT2D eigenvalue weighted by Crippen LogP contribution is -2.31. The van der Waals surface area contributed by atoms with Crippen molar-refractivity contribution in [3.05, 3.63) is 94.3 Å². The third kappa shape index (κ3) is 6.44. The fraction of sp³-hybridized carbons (Fsp3) is 0.259. The smallest absolute Gasteiger partial charge is 0.341 e. The van der Waals surface area contributed by atoms with Crippen molar-refractivity contribution in [2.45, 2.75) is 48.3 Å². The number of alkyl halides is 6. The summed E-state index contributed by atoms with van der Waals surface area (Å²) in [4.78, 5) is 17.8. The molecule has 0 radical (unpaired) electrons. The van der Waals surface area contributed by atoms with Crippen LogP contribution in [0, 0.1) is 6.92 Å². The molecule has 3 aromatic carbocycles. The molecule has 17 heteroatoms. The second-order valence-electron chi connectivity index (χ2n) is 10.2. The zero-order valence-electron chi connectivity index (χ0n) is 22.4. The lowest BCUT2D eigenvalue weighted by atomic mass is 10.0. The number of para-hydroxylation sites is 1. The molecule has 1 fully saturated rings. The predicted octanol–water partition coefficient (Wildman–Crippen LogP) is 5.06. The molecule has 1 aliphatic rings. The summed E-state index contributed by atoms with van der Waals surface area (Å²) in [6.07, 6.45) is -11.0. The van der Waals surface area contributed by atoms with Gasteiger partial charge in [-0.05, 0) is 54.3 Å². The molecule has 2 atom stereocenters. The van der Waals surface area contributed by atoms with Crippen molar-refractivity contribution in [3.8, 4) is 0 Å². The Balaban J connectivity index is 1.54. The fourth-order valence-electron chi connectivity index (χ4n) is 4.84. The molecule has 44 heavy (non-hydrogen) atoms. The fourth-order valence-corrected chi connectivity index (χ4v) is 7.54. The molecule has 0 bridgehead atoms. The number of hydrogen-bond donors (Lipinski definition) is 3. The van der Waals surface area contributed by atoms with Crippen LogP contribution < -0.4 is 9.44 Å². The average Bonchev–Trinajstić information content (AvgIpc) is 3.48. The van der Waals surface area contributed by atoms with Crippen LogP contribution in [0.4, 0.5) is 26.3 Å². The van der Waals surface area contributed by atoms with Gasteiger partial charge in [0.2, 0.25) is 26.0 Å². The molecule has 0 aliphatic carbocycles. The van der Waals surface area contributed by atoms with Crippen LogP contribution in [0.2, 0.25) is 0 Å². The van der Waals surface area contributed by atoms with Gasteiger partial charge in [-0.1, -0.05) is 36.4 Å². The summed E-state index contributed by atoms with van der Waals surface area (Å²) >= 11 is 0. The summed E-state index contributed by atoms with van der Waals surface area (Å²) in [5.74, 6) is -0.643. The number of benzene rings is 3. The molecule has 3 N–H and O–H groups in total. The van der Waals surface area contributed by atoms with Crippen LogP contribution in [-0.4, -0.2) is 32.7 Å². The Kier molecular flexibility index (Phi) is 7.78. The minimum Gasteiger partial charge on any atom is -0.341 e. The number of halogens is 6. The molecular weight excluding hydrogens is 638 g/mol. The number of sulfonamides is 2. The van der Waals surface area contributed by atoms with Crippen molar-refractivity contribution >= 4 is 37.0 Å². The topological polar surface area (TPSA) is 138 Å². The maximum absolute atomic E-state index is 13.5. The number of carbonyl (C=O) groups is 1. The highest BCUT2D eigenvalue weighted by Gasteiger charge is 2.39. The van der Waals surface area contributed by atoms with E-state index in [-0.39, 0.29) is 42.4 Å². The third-order valence-electron chi connectivity index (χ3n) is 7.02. The van der Waals surface area contributed by atoms with Crippen LogP contribution in [0.15, 0.2) is 65.6 Å². The van der Waals surface area contributed by atoms with Crippen LogP contribution >= 0.6 is 0 Å². The van der Waals surface area contributed by atoms with E-state index in [0.717, 1.165) is 0 Å². The number of carbonyl (C=O) groups excluding carboxylic acids is 1.